The molecule has 0 amide bonds. The van der Waals surface area contributed by atoms with E-state index in [4.69, 9.17) is 24.4 Å². The lowest BCUT2D eigenvalue weighted by Gasteiger charge is -2.39. The minimum Gasteiger partial charge on any atom is -0.481 e. The van der Waals surface area contributed by atoms with E-state index in [0.717, 1.165) is 0 Å². The highest BCUT2D eigenvalue weighted by Crippen LogP contribution is 2.25. The molecule has 1 aliphatic heterocycles. The van der Waals surface area contributed by atoms with Gasteiger partial charge in [-0.1, -0.05) is 12.1 Å². The summed E-state index contributed by atoms with van der Waals surface area (Å²) in [5.74, 6) is -4.42. The Labute approximate surface area is 181 Å². The number of rotatable bonds is 10. The fourth-order valence-electron chi connectivity index (χ4n) is 2.88. The summed E-state index contributed by atoms with van der Waals surface area (Å²) >= 11 is 0. The molecule has 32 heavy (non-hydrogen) atoms. The van der Waals surface area contributed by atoms with Gasteiger partial charge in [0, 0.05) is 0 Å². The maximum atomic E-state index is 11.8. The van der Waals surface area contributed by atoms with Crippen molar-refractivity contribution in [2.75, 3.05) is 6.61 Å². The van der Waals surface area contributed by atoms with Crippen LogP contribution >= 0.6 is 0 Å². The second-order valence-corrected chi connectivity index (χ2v) is 7.20. The third-order valence-electron chi connectivity index (χ3n) is 4.70. The maximum Gasteiger partial charge on any atom is 0.336 e. The summed E-state index contributed by atoms with van der Waals surface area (Å²) in [7, 11) is 0. The standard InChI is InChI=1S/C19H24O13/c20-7-11-14(24)15(25)16(26)17(32-11)31-10-3-1-9(2-4-10)8-30-13(23)6-19(29,18(27)28)5-12(21)22/h1-4,11,14-17,20,24-26,29H,5-8H2,(H,21,22)(H,27,28)/t11-,14-,15+,16-,17-,19+/m0/s1. The van der Waals surface area contributed by atoms with Crippen molar-refractivity contribution in [1.82, 2.24) is 0 Å². The molecule has 0 unspecified atom stereocenters. The molecular weight excluding hydrogens is 436 g/mol. The fourth-order valence-corrected chi connectivity index (χ4v) is 2.88. The lowest BCUT2D eigenvalue weighted by molar-refractivity contribution is -0.277. The van der Waals surface area contributed by atoms with E-state index in [-0.39, 0.29) is 12.4 Å². The summed E-state index contributed by atoms with van der Waals surface area (Å²) in [6.45, 7) is -0.930. The summed E-state index contributed by atoms with van der Waals surface area (Å²) in [4.78, 5) is 33.6. The predicted octanol–water partition coefficient (Wildman–Crippen LogP) is -2.41. The summed E-state index contributed by atoms with van der Waals surface area (Å²) in [5, 5.41) is 66.2. The number of aliphatic hydroxyl groups is 5. The highest BCUT2D eigenvalue weighted by atomic mass is 16.7. The van der Waals surface area contributed by atoms with Crippen molar-refractivity contribution >= 4 is 17.9 Å². The number of hydrogen-bond donors (Lipinski definition) is 7. The summed E-state index contributed by atoms with van der Waals surface area (Å²) in [5.41, 5.74) is -2.37. The van der Waals surface area contributed by atoms with Gasteiger partial charge in [0.2, 0.25) is 6.29 Å². The van der Waals surface area contributed by atoms with Crippen molar-refractivity contribution in [3.63, 3.8) is 0 Å². The van der Waals surface area contributed by atoms with E-state index in [1.165, 1.54) is 24.3 Å². The van der Waals surface area contributed by atoms with Gasteiger partial charge in [-0.2, -0.15) is 0 Å². The maximum absolute atomic E-state index is 11.8. The van der Waals surface area contributed by atoms with Gasteiger partial charge in [-0.15, -0.1) is 0 Å². The quantitative estimate of drug-likeness (QED) is 0.181. The van der Waals surface area contributed by atoms with Crippen LogP contribution in [0.1, 0.15) is 18.4 Å². The molecule has 6 atom stereocenters. The van der Waals surface area contributed by atoms with E-state index < -0.39 is 73.7 Å². The number of carboxylic acids is 2. The van der Waals surface area contributed by atoms with Crippen LogP contribution in [0.15, 0.2) is 24.3 Å². The molecule has 2 rings (SSSR count). The Kier molecular flexibility index (Phi) is 8.49. The highest BCUT2D eigenvalue weighted by molar-refractivity contribution is 5.88. The number of aliphatic carboxylic acids is 2. The zero-order chi connectivity index (χ0) is 24.1. The topological polar surface area (TPSA) is 221 Å². The minimum absolute atomic E-state index is 0.172. The highest BCUT2D eigenvalue weighted by Gasteiger charge is 2.45. The molecule has 1 heterocycles. The first kappa shape index (κ1) is 25.5. The molecule has 0 aromatic heterocycles. The molecule has 1 fully saturated rings. The van der Waals surface area contributed by atoms with Crippen molar-refractivity contribution in [1.29, 1.82) is 0 Å². The van der Waals surface area contributed by atoms with Crippen molar-refractivity contribution in [3.05, 3.63) is 29.8 Å². The zero-order valence-corrected chi connectivity index (χ0v) is 16.6. The van der Waals surface area contributed by atoms with Crippen molar-refractivity contribution in [3.8, 4) is 5.75 Å². The van der Waals surface area contributed by atoms with Crippen LogP contribution in [0.5, 0.6) is 5.75 Å². The SMILES string of the molecule is O=C(O)C[C@@](O)(CC(=O)OCc1ccc(O[C@H]2O[C@@H](CO)[C@H](O)[C@@H](O)[C@@H]2O)cc1)C(=O)O. The number of benzene rings is 1. The lowest BCUT2D eigenvalue weighted by Crippen LogP contribution is -2.60. The van der Waals surface area contributed by atoms with Crippen LogP contribution in [-0.4, -0.2) is 96.6 Å². The number of carbonyl (C=O) groups is 3. The Morgan fingerprint density at radius 1 is 0.969 bits per heavy atom. The number of carboxylic acid groups (broad SMARTS) is 2. The Bertz CT molecular complexity index is 808. The number of ether oxygens (including phenoxy) is 3. The van der Waals surface area contributed by atoms with Gasteiger partial charge in [0.15, 0.2) is 5.60 Å². The van der Waals surface area contributed by atoms with E-state index in [9.17, 15) is 39.9 Å². The number of carbonyl (C=O) groups excluding carboxylic acids is 1. The third-order valence-corrected chi connectivity index (χ3v) is 4.70. The van der Waals surface area contributed by atoms with E-state index in [2.05, 4.69) is 0 Å². The largest absolute Gasteiger partial charge is 0.481 e. The molecule has 0 saturated carbocycles. The molecule has 1 aromatic carbocycles. The molecular formula is C19H24O13. The first-order chi connectivity index (χ1) is 15.0. The first-order valence-corrected chi connectivity index (χ1v) is 9.36. The van der Waals surface area contributed by atoms with Crippen molar-refractivity contribution in [2.45, 2.75) is 55.8 Å². The minimum atomic E-state index is -2.80. The van der Waals surface area contributed by atoms with Crippen LogP contribution < -0.4 is 4.74 Å². The van der Waals surface area contributed by atoms with Crippen molar-refractivity contribution in [2.24, 2.45) is 0 Å². The van der Waals surface area contributed by atoms with E-state index in [1.807, 2.05) is 0 Å². The number of hydrogen-bond acceptors (Lipinski definition) is 11. The number of aliphatic hydroxyl groups excluding tert-OH is 4. The second-order valence-electron chi connectivity index (χ2n) is 7.20. The number of esters is 1. The summed E-state index contributed by atoms with van der Waals surface area (Å²) in [6.07, 6.45) is -9.47. The molecule has 1 saturated heterocycles. The van der Waals surface area contributed by atoms with Crippen LogP contribution in [0.3, 0.4) is 0 Å². The van der Waals surface area contributed by atoms with Gasteiger partial charge in [-0.05, 0) is 17.7 Å². The zero-order valence-electron chi connectivity index (χ0n) is 16.6. The van der Waals surface area contributed by atoms with Gasteiger partial charge >= 0.3 is 17.9 Å². The molecule has 13 heteroatoms. The average molecular weight is 460 g/mol. The normalized spacial score (nSPS) is 27.2. The Morgan fingerprint density at radius 2 is 1.59 bits per heavy atom. The van der Waals surface area contributed by atoms with E-state index in [0.29, 0.717) is 5.56 Å². The Balaban J connectivity index is 1.92. The predicted molar refractivity (Wildman–Crippen MR) is 100 cm³/mol. The van der Waals surface area contributed by atoms with Gasteiger partial charge in [-0.25, -0.2) is 4.79 Å². The Hall–Kier alpha value is -2.81. The molecule has 0 spiro atoms. The van der Waals surface area contributed by atoms with Gasteiger partial charge < -0.3 is 50.0 Å². The van der Waals surface area contributed by atoms with Gasteiger partial charge in [0.1, 0.15) is 36.8 Å². The van der Waals surface area contributed by atoms with Crippen LogP contribution in [0, 0.1) is 0 Å². The first-order valence-electron chi connectivity index (χ1n) is 9.36. The van der Waals surface area contributed by atoms with Gasteiger partial charge in [-0.3, -0.25) is 9.59 Å². The smallest absolute Gasteiger partial charge is 0.336 e. The lowest BCUT2D eigenvalue weighted by atomic mass is 9.96. The Morgan fingerprint density at radius 3 is 2.12 bits per heavy atom. The monoisotopic (exact) mass is 460 g/mol. The van der Waals surface area contributed by atoms with E-state index >= 15 is 0 Å². The van der Waals surface area contributed by atoms with Crippen molar-refractivity contribution < 1.29 is 64.3 Å². The molecule has 13 nitrogen and oxygen atoms in total. The molecule has 0 radical (unpaired) electrons. The summed E-state index contributed by atoms with van der Waals surface area (Å²) in [6, 6.07) is 5.71. The molecule has 0 bridgehead atoms. The van der Waals surface area contributed by atoms with Crippen LogP contribution in [0.2, 0.25) is 0 Å². The molecule has 1 aliphatic rings. The molecule has 0 aliphatic carbocycles. The average Bonchev–Trinajstić information content (AvgIpc) is 2.72. The second kappa shape index (κ2) is 10.7. The van der Waals surface area contributed by atoms with Gasteiger partial charge in [0.25, 0.3) is 0 Å². The van der Waals surface area contributed by atoms with Gasteiger partial charge in [0.05, 0.1) is 19.4 Å². The van der Waals surface area contributed by atoms with Crippen LogP contribution in [0.25, 0.3) is 0 Å². The molecule has 7 N–H and O–H groups in total. The molecule has 178 valence electrons. The van der Waals surface area contributed by atoms with E-state index in [1.54, 1.807) is 0 Å². The third kappa shape index (κ3) is 6.35. The van der Waals surface area contributed by atoms with Crippen LogP contribution in [0.4, 0.5) is 0 Å². The van der Waals surface area contributed by atoms with Crippen LogP contribution in [-0.2, 0) is 30.5 Å². The fraction of sp³-hybridized carbons (Fsp3) is 0.526. The molecule has 1 aromatic rings. The summed E-state index contributed by atoms with van der Waals surface area (Å²) < 4.78 is 15.5.